The quantitative estimate of drug-likeness (QED) is 0.496. The fraction of sp³-hybridized carbons (Fsp3) is 0.462. The Morgan fingerprint density at radius 2 is 1.68 bits per heavy atom. The van der Waals surface area contributed by atoms with Gasteiger partial charge in [-0.05, 0) is 56.4 Å². The van der Waals surface area contributed by atoms with E-state index in [2.05, 4.69) is 5.32 Å². The molecule has 2 rings (SSSR count). The Morgan fingerprint density at radius 1 is 1.00 bits per heavy atom. The smallest absolute Gasteiger partial charge is 0.244 e. The number of rotatable bonds is 12. The van der Waals surface area contributed by atoms with E-state index < -0.39 is 22.0 Å². The van der Waals surface area contributed by atoms with Crippen LogP contribution in [0.1, 0.15) is 44.7 Å². The average molecular weight is 488 g/mol. The summed E-state index contributed by atoms with van der Waals surface area (Å²) in [6, 6.07) is 16.0. The number of nitrogens with zero attached hydrogens (tertiary/aromatic N) is 2. The predicted octanol–water partition coefficient (Wildman–Crippen LogP) is 3.53. The summed E-state index contributed by atoms with van der Waals surface area (Å²) >= 11 is 0. The zero-order valence-electron chi connectivity index (χ0n) is 20.8. The molecule has 0 saturated heterocycles. The van der Waals surface area contributed by atoms with Crippen LogP contribution in [0.3, 0.4) is 0 Å². The van der Waals surface area contributed by atoms with Crippen molar-refractivity contribution in [3.8, 4) is 0 Å². The van der Waals surface area contributed by atoms with Gasteiger partial charge in [-0.25, -0.2) is 8.42 Å². The molecule has 0 aliphatic heterocycles. The van der Waals surface area contributed by atoms with E-state index in [9.17, 15) is 18.0 Å². The van der Waals surface area contributed by atoms with Gasteiger partial charge in [0.1, 0.15) is 12.6 Å². The first-order valence-electron chi connectivity index (χ1n) is 11.7. The van der Waals surface area contributed by atoms with Gasteiger partial charge in [-0.2, -0.15) is 0 Å². The van der Waals surface area contributed by atoms with Crippen LogP contribution in [-0.4, -0.2) is 56.6 Å². The molecule has 0 radical (unpaired) electrons. The molecule has 2 atom stereocenters. The van der Waals surface area contributed by atoms with Gasteiger partial charge in [-0.1, -0.05) is 56.3 Å². The SMILES string of the molecule is CC[C@H](C(=O)N[C@@H](C)CC)N(CCc1ccccc1)C(=O)CN(c1cccc(C)c1)S(C)(=O)=O. The number of amides is 2. The van der Waals surface area contributed by atoms with Gasteiger partial charge < -0.3 is 10.2 Å². The molecule has 0 bridgehead atoms. The summed E-state index contributed by atoms with van der Waals surface area (Å²) in [6.45, 7) is 7.56. The van der Waals surface area contributed by atoms with Gasteiger partial charge in [0.15, 0.2) is 0 Å². The monoisotopic (exact) mass is 487 g/mol. The molecule has 186 valence electrons. The van der Waals surface area contributed by atoms with E-state index >= 15 is 0 Å². The minimum absolute atomic E-state index is 0.0209. The maximum absolute atomic E-state index is 13.6. The highest BCUT2D eigenvalue weighted by Crippen LogP contribution is 2.20. The van der Waals surface area contributed by atoms with Crippen LogP contribution >= 0.6 is 0 Å². The van der Waals surface area contributed by atoms with Crippen LogP contribution in [0, 0.1) is 6.92 Å². The topological polar surface area (TPSA) is 86.8 Å². The van der Waals surface area contributed by atoms with E-state index in [-0.39, 0.29) is 18.5 Å². The van der Waals surface area contributed by atoms with Crippen molar-refractivity contribution in [2.24, 2.45) is 0 Å². The molecule has 2 amide bonds. The first kappa shape index (κ1) is 27.4. The molecule has 2 aromatic carbocycles. The van der Waals surface area contributed by atoms with Gasteiger partial charge in [-0.15, -0.1) is 0 Å². The van der Waals surface area contributed by atoms with Crippen LogP contribution in [0.25, 0.3) is 0 Å². The van der Waals surface area contributed by atoms with E-state index in [1.54, 1.807) is 18.2 Å². The lowest BCUT2D eigenvalue weighted by Crippen LogP contribution is -2.54. The molecule has 7 nitrogen and oxygen atoms in total. The highest BCUT2D eigenvalue weighted by molar-refractivity contribution is 7.92. The second kappa shape index (κ2) is 12.6. The minimum atomic E-state index is -3.72. The minimum Gasteiger partial charge on any atom is -0.352 e. The van der Waals surface area contributed by atoms with Crippen LogP contribution in [0.5, 0.6) is 0 Å². The molecular weight excluding hydrogens is 450 g/mol. The van der Waals surface area contributed by atoms with Crippen LogP contribution in [-0.2, 0) is 26.0 Å². The first-order valence-corrected chi connectivity index (χ1v) is 13.6. The second-order valence-electron chi connectivity index (χ2n) is 8.67. The normalized spacial score (nSPS) is 13.1. The Hall–Kier alpha value is -2.87. The lowest BCUT2D eigenvalue weighted by atomic mass is 10.1. The second-order valence-corrected chi connectivity index (χ2v) is 10.6. The highest BCUT2D eigenvalue weighted by atomic mass is 32.2. The molecule has 2 aromatic rings. The molecule has 0 saturated carbocycles. The Balaban J connectivity index is 2.36. The van der Waals surface area contributed by atoms with Crippen molar-refractivity contribution in [1.29, 1.82) is 0 Å². The fourth-order valence-corrected chi connectivity index (χ4v) is 4.58. The average Bonchev–Trinajstić information content (AvgIpc) is 2.79. The van der Waals surface area contributed by atoms with Gasteiger partial charge in [-0.3, -0.25) is 13.9 Å². The number of aryl methyl sites for hydroxylation is 1. The molecule has 0 aliphatic carbocycles. The first-order chi connectivity index (χ1) is 16.1. The molecule has 34 heavy (non-hydrogen) atoms. The summed E-state index contributed by atoms with van der Waals surface area (Å²) in [4.78, 5) is 28.2. The van der Waals surface area contributed by atoms with Crippen LogP contribution in [0.4, 0.5) is 5.69 Å². The summed E-state index contributed by atoms with van der Waals surface area (Å²) in [6.07, 6.45) is 2.84. The van der Waals surface area contributed by atoms with E-state index in [0.717, 1.165) is 28.1 Å². The number of sulfonamides is 1. The van der Waals surface area contributed by atoms with Gasteiger partial charge in [0.25, 0.3) is 0 Å². The van der Waals surface area contributed by atoms with Crippen LogP contribution in [0.2, 0.25) is 0 Å². The van der Waals surface area contributed by atoms with Gasteiger partial charge in [0.05, 0.1) is 11.9 Å². The largest absolute Gasteiger partial charge is 0.352 e. The van der Waals surface area contributed by atoms with Crippen molar-refractivity contribution in [1.82, 2.24) is 10.2 Å². The maximum atomic E-state index is 13.6. The molecule has 0 heterocycles. The fourth-order valence-electron chi connectivity index (χ4n) is 3.73. The van der Waals surface area contributed by atoms with E-state index in [1.165, 1.54) is 4.90 Å². The van der Waals surface area contributed by atoms with Crippen LogP contribution < -0.4 is 9.62 Å². The zero-order chi connectivity index (χ0) is 25.3. The predicted molar refractivity (Wildman–Crippen MR) is 137 cm³/mol. The van der Waals surface area contributed by atoms with Crippen molar-refractivity contribution < 1.29 is 18.0 Å². The van der Waals surface area contributed by atoms with Crippen molar-refractivity contribution in [2.45, 2.75) is 59.0 Å². The third kappa shape index (κ3) is 7.87. The summed E-state index contributed by atoms with van der Waals surface area (Å²) in [5, 5.41) is 2.97. The van der Waals surface area contributed by atoms with Gasteiger partial charge >= 0.3 is 0 Å². The molecule has 0 aromatic heterocycles. The maximum Gasteiger partial charge on any atom is 0.244 e. The third-order valence-corrected chi connectivity index (χ3v) is 6.98. The number of hydrogen-bond donors (Lipinski definition) is 1. The summed E-state index contributed by atoms with van der Waals surface area (Å²) in [5.74, 6) is -0.631. The van der Waals surface area contributed by atoms with E-state index in [0.29, 0.717) is 25.1 Å². The third-order valence-electron chi connectivity index (χ3n) is 5.84. The van der Waals surface area contributed by atoms with Gasteiger partial charge in [0.2, 0.25) is 21.8 Å². The number of anilines is 1. The molecule has 0 aliphatic rings. The molecule has 1 N–H and O–H groups in total. The molecule has 0 unspecified atom stereocenters. The van der Waals surface area contributed by atoms with E-state index in [1.807, 2.05) is 64.1 Å². The van der Waals surface area contributed by atoms with Crippen molar-refractivity contribution in [3.63, 3.8) is 0 Å². The summed E-state index contributed by atoms with van der Waals surface area (Å²) in [5.41, 5.74) is 2.35. The lowest BCUT2D eigenvalue weighted by molar-refractivity contribution is -0.139. The van der Waals surface area contributed by atoms with Crippen molar-refractivity contribution >= 4 is 27.5 Å². The number of nitrogens with one attached hydrogen (secondary N) is 1. The number of carbonyl (C=O) groups excluding carboxylic acids is 2. The molecule has 8 heteroatoms. The van der Waals surface area contributed by atoms with Gasteiger partial charge in [0, 0.05) is 12.6 Å². The molecule has 0 spiro atoms. The van der Waals surface area contributed by atoms with E-state index in [4.69, 9.17) is 0 Å². The van der Waals surface area contributed by atoms with Crippen molar-refractivity contribution in [2.75, 3.05) is 23.7 Å². The Morgan fingerprint density at radius 3 is 2.24 bits per heavy atom. The summed E-state index contributed by atoms with van der Waals surface area (Å²) < 4.78 is 26.3. The highest BCUT2D eigenvalue weighted by Gasteiger charge is 2.31. The lowest BCUT2D eigenvalue weighted by Gasteiger charge is -2.33. The number of hydrogen-bond acceptors (Lipinski definition) is 4. The zero-order valence-corrected chi connectivity index (χ0v) is 21.6. The Labute approximate surface area is 204 Å². The molecular formula is C26H37N3O4S. The standard InChI is InChI=1S/C26H37N3O4S/c1-6-21(4)27-26(31)24(7-2)28(17-16-22-13-9-8-10-14-22)25(30)19-29(34(5,32)33)23-15-11-12-20(3)18-23/h8-15,18,21,24H,6-7,16-17,19H2,1-5H3,(H,27,31)/t21-,24+/m0/s1. The van der Waals surface area contributed by atoms with Crippen molar-refractivity contribution in [3.05, 3.63) is 65.7 Å². The number of benzene rings is 2. The Kier molecular flexibility index (Phi) is 10.1. The molecule has 0 fully saturated rings. The summed E-state index contributed by atoms with van der Waals surface area (Å²) in [7, 11) is -3.72. The Bertz CT molecular complexity index is 1060. The van der Waals surface area contributed by atoms with Crippen LogP contribution in [0.15, 0.2) is 54.6 Å². The number of carbonyl (C=O) groups is 2.